The minimum atomic E-state index is -1.20. The minimum Gasteiger partial charge on any atom is -0.477 e. The van der Waals surface area contributed by atoms with Crippen LogP contribution in [0.25, 0.3) is 16.9 Å². The number of carbonyl (C=O) groups excluding carboxylic acids is 1. The van der Waals surface area contributed by atoms with Crippen molar-refractivity contribution in [2.45, 2.75) is 26.4 Å². The van der Waals surface area contributed by atoms with Crippen molar-refractivity contribution < 1.29 is 19.4 Å². The first kappa shape index (κ1) is 19.2. The Labute approximate surface area is 162 Å². The zero-order chi connectivity index (χ0) is 20.3. The molecule has 2 aromatic carbocycles. The molecule has 3 aromatic rings. The fraction of sp³-hybridized carbons (Fsp3) is 0.190. The van der Waals surface area contributed by atoms with Gasteiger partial charge < -0.3 is 9.84 Å². The number of para-hydroxylation sites is 1. The molecule has 7 heteroatoms. The van der Waals surface area contributed by atoms with Gasteiger partial charge in [-0.25, -0.2) is 14.3 Å². The molecule has 0 aliphatic carbocycles. The van der Waals surface area contributed by atoms with Crippen LogP contribution < -0.4 is 5.32 Å². The summed E-state index contributed by atoms with van der Waals surface area (Å²) in [6.07, 6.45) is -0.758. The number of rotatable bonds is 4. The third kappa shape index (κ3) is 4.20. The van der Waals surface area contributed by atoms with Gasteiger partial charge in [0.05, 0.1) is 5.69 Å². The number of carboxylic acid groups (broad SMARTS) is 1. The lowest BCUT2D eigenvalue weighted by atomic mass is 10.1. The van der Waals surface area contributed by atoms with Crippen molar-refractivity contribution >= 4 is 17.9 Å². The maximum Gasteiger partial charge on any atom is 0.413 e. The Morgan fingerprint density at radius 2 is 1.57 bits per heavy atom. The lowest BCUT2D eigenvalue weighted by molar-refractivity contribution is 0.0635. The van der Waals surface area contributed by atoms with Crippen LogP contribution >= 0.6 is 0 Å². The van der Waals surface area contributed by atoms with Crippen LogP contribution in [0.5, 0.6) is 0 Å². The van der Waals surface area contributed by atoms with Gasteiger partial charge in [-0.15, -0.1) is 0 Å². The first-order valence-electron chi connectivity index (χ1n) is 8.73. The van der Waals surface area contributed by atoms with E-state index in [1.165, 1.54) is 4.68 Å². The second-order valence-corrected chi connectivity index (χ2v) is 7.12. The third-order valence-corrected chi connectivity index (χ3v) is 3.77. The van der Waals surface area contributed by atoms with Crippen LogP contribution in [-0.4, -0.2) is 32.6 Å². The Hall–Kier alpha value is -3.61. The van der Waals surface area contributed by atoms with Gasteiger partial charge in [-0.1, -0.05) is 48.5 Å². The Bertz CT molecular complexity index is 990. The predicted octanol–water partition coefficient (Wildman–Crippen LogP) is 4.58. The molecule has 1 amide bonds. The fourth-order valence-corrected chi connectivity index (χ4v) is 2.69. The summed E-state index contributed by atoms with van der Waals surface area (Å²) in [5.74, 6) is -1.17. The summed E-state index contributed by atoms with van der Waals surface area (Å²) in [4.78, 5) is 24.4. The number of aromatic carboxylic acids is 1. The van der Waals surface area contributed by atoms with Crippen molar-refractivity contribution in [3.8, 4) is 16.9 Å². The van der Waals surface area contributed by atoms with Gasteiger partial charge >= 0.3 is 12.1 Å². The van der Waals surface area contributed by atoms with E-state index in [1.54, 1.807) is 69.3 Å². The molecule has 3 rings (SSSR count). The highest BCUT2D eigenvalue weighted by Gasteiger charge is 2.28. The van der Waals surface area contributed by atoms with E-state index in [9.17, 15) is 14.7 Å². The first-order chi connectivity index (χ1) is 13.3. The van der Waals surface area contributed by atoms with E-state index in [0.29, 0.717) is 11.3 Å². The molecule has 0 fully saturated rings. The summed E-state index contributed by atoms with van der Waals surface area (Å²) in [6, 6.07) is 17.9. The van der Waals surface area contributed by atoms with Crippen molar-refractivity contribution in [3.63, 3.8) is 0 Å². The minimum absolute atomic E-state index is 0.0341. The van der Waals surface area contributed by atoms with Gasteiger partial charge in [0.1, 0.15) is 16.9 Å². The molecule has 0 spiro atoms. The number of carboxylic acids is 1. The van der Waals surface area contributed by atoms with Crippen molar-refractivity contribution in [2.24, 2.45) is 0 Å². The molecule has 0 bridgehead atoms. The van der Waals surface area contributed by atoms with Crippen molar-refractivity contribution in [1.29, 1.82) is 0 Å². The number of anilines is 1. The number of ether oxygens (including phenoxy) is 1. The van der Waals surface area contributed by atoms with Crippen LogP contribution in [0.4, 0.5) is 10.6 Å². The smallest absolute Gasteiger partial charge is 0.413 e. The normalized spacial score (nSPS) is 11.1. The van der Waals surface area contributed by atoms with E-state index < -0.39 is 17.7 Å². The van der Waals surface area contributed by atoms with E-state index >= 15 is 0 Å². The Morgan fingerprint density at radius 3 is 2.11 bits per heavy atom. The highest BCUT2D eigenvalue weighted by Crippen LogP contribution is 2.31. The highest BCUT2D eigenvalue weighted by atomic mass is 16.6. The molecule has 28 heavy (non-hydrogen) atoms. The van der Waals surface area contributed by atoms with Crippen molar-refractivity contribution in [2.75, 3.05) is 5.32 Å². The van der Waals surface area contributed by atoms with Crippen LogP contribution in [0, 0.1) is 0 Å². The molecule has 2 N–H and O–H groups in total. The van der Waals surface area contributed by atoms with Gasteiger partial charge in [0.15, 0.2) is 5.82 Å². The summed E-state index contributed by atoms with van der Waals surface area (Å²) < 4.78 is 6.70. The maximum absolute atomic E-state index is 12.4. The summed E-state index contributed by atoms with van der Waals surface area (Å²) in [5.41, 5.74) is 0.650. The standard InChI is InChI=1S/C21H21N3O4/c1-21(2,3)28-20(27)22-18-16(19(25)26)17(14-10-6-4-7-11-14)23-24(18)15-12-8-5-9-13-15/h4-13H,1-3H3,(H,22,27)(H,25,26). The number of carbonyl (C=O) groups is 2. The number of amides is 1. The van der Waals surface area contributed by atoms with Crippen LogP contribution in [0.2, 0.25) is 0 Å². The van der Waals surface area contributed by atoms with E-state index in [0.717, 1.165) is 0 Å². The molecule has 1 aromatic heterocycles. The number of nitrogens with one attached hydrogen (secondary N) is 1. The Morgan fingerprint density at radius 1 is 1.00 bits per heavy atom. The molecular formula is C21H21N3O4. The second kappa shape index (κ2) is 7.56. The highest BCUT2D eigenvalue weighted by molar-refractivity contribution is 6.03. The largest absolute Gasteiger partial charge is 0.477 e. The van der Waals surface area contributed by atoms with E-state index in [-0.39, 0.29) is 17.1 Å². The summed E-state index contributed by atoms with van der Waals surface area (Å²) in [5, 5.41) is 16.9. The zero-order valence-corrected chi connectivity index (χ0v) is 15.8. The van der Waals surface area contributed by atoms with Crippen LogP contribution in [0.3, 0.4) is 0 Å². The summed E-state index contributed by atoms with van der Waals surface area (Å²) in [7, 11) is 0. The monoisotopic (exact) mass is 379 g/mol. The maximum atomic E-state index is 12.4. The fourth-order valence-electron chi connectivity index (χ4n) is 2.69. The topological polar surface area (TPSA) is 93.4 Å². The lowest BCUT2D eigenvalue weighted by Gasteiger charge is -2.20. The molecule has 0 saturated heterocycles. The predicted molar refractivity (Wildman–Crippen MR) is 106 cm³/mol. The van der Waals surface area contributed by atoms with Crippen molar-refractivity contribution in [1.82, 2.24) is 9.78 Å². The van der Waals surface area contributed by atoms with Gasteiger partial charge in [-0.2, -0.15) is 5.10 Å². The lowest BCUT2D eigenvalue weighted by Crippen LogP contribution is -2.28. The number of aromatic nitrogens is 2. The number of nitrogens with zero attached hydrogens (tertiary/aromatic N) is 2. The quantitative estimate of drug-likeness (QED) is 0.692. The average molecular weight is 379 g/mol. The molecule has 144 valence electrons. The van der Waals surface area contributed by atoms with Crippen molar-refractivity contribution in [3.05, 3.63) is 66.2 Å². The molecule has 0 saturated carbocycles. The van der Waals surface area contributed by atoms with Crippen LogP contribution in [-0.2, 0) is 4.74 Å². The first-order valence-corrected chi connectivity index (χ1v) is 8.73. The molecular weight excluding hydrogens is 358 g/mol. The van der Waals surface area contributed by atoms with Gasteiger partial charge in [0.25, 0.3) is 0 Å². The molecule has 0 radical (unpaired) electrons. The van der Waals surface area contributed by atoms with E-state index in [2.05, 4.69) is 10.4 Å². The SMILES string of the molecule is CC(C)(C)OC(=O)Nc1c(C(=O)O)c(-c2ccccc2)nn1-c1ccccc1. The van der Waals surface area contributed by atoms with Gasteiger partial charge in [0.2, 0.25) is 0 Å². The molecule has 1 heterocycles. The average Bonchev–Trinajstić information content (AvgIpc) is 3.01. The second-order valence-electron chi connectivity index (χ2n) is 7.12. The summed E-state index contributed by atoms with van der Waals surface area (Å²) >= 11 is 0. The van der Waals surface area contributed by atoms with Crippen LogP contribution in [0.1, 0.15) is 31.1 Å². The van der Waals surface area contributed by atoms with Gasteiger partial charge in [-0.05, 0) is 32.9 Å². The molecule has 0 aliphatic rings. The number of hydrogen-bond donors (Lipinski definition) is 2. The Kier molecular flexibility index (Phi) is 5.17. The van der Waals surface area contributed by atoms with Crippen LogP contribution in [0.15, 0.2) is 60.7 Å². The Balaban J connectivity index is 2.18. The summed E-state index contributed by atoms with van der Waals surface area (Å²) in [6.45, 7) is 5.19. The molecule has 0 aliphatic heterocycles. The number of hydrogen-bond acceptors (Lipinski definition) is 4. The van der Waals surface area contributed by atoms with E-state index in [4.69, 9.17) is 4.74 Å². The molecule has 7 nitrogen and oxygen atoms in total. The molecule has 0 atom stereocenters. The molecule has 0 unspecified atom stereocenters. The zero-order valence-electron chi connectivity index (χ0n) is 15.8. The van der Waals surface area contributed by atoms with Gasteiger partial charge in [-0.3, -0.25) is 5.32 Å². The third-order valence-electron chi connectivity index (χ3n) is 3.77. The number of benzene rings is 2. The van der Waals surface area contributed by atoms with Gasteiger partial charge in [0, 0.05) is 5.56 Å². The van der Waals surface area contributed by atoms with E-state index in [1.807, 2.05) is 12.1 Å².